The smallest absolute Gasteiger partial charge is 0.410 e. The Bertz CT molecular complexity index is 1520. The van der Waals surface area contributed by atoms with Gasteiger partial charge in [-0.2, -0.15) is 0 Å². The van der Waals surface area contributed by atoms with E-state index in [1.165, 1.54) is 22.8 Å². The van der Waals surface area contributed by atoms with Crippen LogP contribution >= 0.6 is 0 Å². The van der Waals surface area contributed by atoms with Gasteiger partial charge in [0.25, 0.3) is 5.56 Å². The van der Waals surface area contributed by atoms with Crippen LogP contribution in [0.15, 0.2) is 64.1 Å². The van der Waals surface area contributed by atoms with Crippen molar-refractivity contribution >= 4 is 17.1 Å². The van der Waals surface area contributed by atoms with Gasteiger partial charge in [-0.3, -0.25) is 14.3 Å². The number of halogens is 1. The summed E-state index contributed by atoms with van der Waals surface area (Å²) in [7, 11) is 0. The lowest BCUT2D eigenvalue weighted by Crippen LogP contribution is -2.44. The van der Waals surface area contributed by atoms with Gasteiger partial charge in [-0.05, 0) is 58.0 Å². The maximum Gasteiger partial charge on any atom is 0.410 e. The monoisotopic (exact) mass is 505 g/mol. The molecule has 4 aromatic rings. The Morgan fingerprint density at radius 1 is 1.19 bits per heavy atom. The molecule has 1 aromatic carbocycles. The molecule has 1 atom stereocenters. The summed E-state index contributed by atoms with van der Waals surface area (Å²) in [5.74, 6) is 0.804. The highest BCUT2D eigenvalue weighted by atomic mass is 19.1. The van der Waals surface area contributed by atoms with Gasteiger partial charge in [-0.15, -0.1) is 0 Å². The summed E-state index contributed by atoms with van der Waals surface area (Å²) in [5, 5.41) is 0.902. The number of rotatable bonds is 4. The van der Waals surface area contributed by atoms with Crippen molar-refractivity contribution in [3.8, 4) is 11.4 Å². The quantitative estimate of drug-likeness (QED) is 0.370. The first-order valence-corrected chi connectivity index (χ1v) is 12.1. The Morgan fingerprint density at radius 2 is 2.00 bits per heavy atom. The van der Waals surface area contributed by atoms with Crippen molar-refractivity contribution in [3.63, 3.8) is 0 Å². The maximum atomic E-state index is 13.0. The Morgan fingerprint density at radius 3 is 2.70 bits per heavy atom. The van der Waals surface area contributed by atoms with E-state index in [0.717, 1.165) is 22.9 Å². The number of aromatic nitrogens is 2. The number of hydrogen-bond acceptors (Lipinski definition) is 6. The van der Waals surface area contributed by atoms with E-state index in [2.05, 4.69) is 4.98 Å². The summed E-state index contributed by atoms with van der Waals surface area (Å²) in [5.41, 5.74) is 1.96. The van der Waals surface area contributed by atoms with Gasteiger partial charge in [0.1, 0.15) is 35.1 Å². The van der Waals surface area contributed by atoms with E-state index in [1.54, 1.807) is 17.2 Å². The first-order valence-electron chi connectivity index (χ1n) is 12.1. The van der Waals surface area contributed by atoms with Crippen LogP contribution in [-0.4, -0.2) is 32.2 Å². The number of nitrogens with zero attached hydrogens (tertiary/aromatic N) is 3. The van der Waals surface area contributed by atoms with E-state index in [9.17, 15) is 14.0 Å². The van der Waals surface area contributed by atoms with Crippen LogP contribution < -0.4 is 10.3 Å². The molecule has 0 spiro atoms. The van der Waals surface area contributed by atoms with E-state index >= 15 is 0 Å². The molecule has 0 aliphatic carbocycles. The zero-order valence-electron chi connectivity index (χ0n) is 21.2. The van der Waals surface area contributed by atoms with E-state index in [-0.39, 0.29) is 24.3 Å². The third-order valence-corrected chi connectivity index (χ3v) is 6.17. The average Bonchev–Trinajstić information content (AvgIpc) is 3.18. The fourth-order valence-electron chi connectivity index (χ4n) is 4.36. The van der Waals surface area contributed by atoms with Crippen LogP contribution in [0.25, 0.3) is 16.7 Å². The number of pyridine rings is 2. The summed E-state index contributed by atoms with van der Waals surface area (Å²) in [6.07, 6.45) is 2.98. The summed E-state index contributed by atoms with van der Waals surface area (Å²) >= 11 is 0. The lowest BCUT2D eigenvalue weighted by atomic mass is 10.00. The van der Waals surface area contributed by atoms with Crippen molar-refractivity contribution in [3.05, 3.63) is 88.0 Å². The van der Waals surface area contributed by atoms with Crippen molar-refractivity contribution in [1.29, 1.82) is 0 Å². The molecule has 1 aliphatic rings. The molecule has 1 amide bonds. The number of fused-ring (bicyclic) bond motifs is 3. The summed E-state index contributed by atoms with van der Waals surface area (Å²) < 4.78 is 31.9. The van der Waals surface area contributed by atoms with Crippen LogP contribution in [0.5, 0.6) is 5.75 Å². The molecule has 37 heavy (non-hydrogen) atoms. The Kier molecular flexibility index (Phi) is 6.23. The zero-order chi connectivity index (χ0) is 26.3. The fourth-order valence-corrected chi connectivity index (χ4v) is 4.36. The number of benzene rings is 1. The van der Waals surface area contributed by atoms with E-state index in [4.69, 9.17) is 13.9 Å². The molecule has 4 heterocycles. The highest BCUT2D eigenvalue weighted by Crippen LogP contribution is 2.34. The number of amides is 1. The highest BCUT2D eigenvalue weighted by molar-refractivity contribution is 5.85. The first-order chi connectivity index (χ1) is 17.6. The number of ether oxygens (including phenoxy) is 2. The van der Waals surface area contributed by atoms with Crippen LogP contribution in [0.1, 0.15) is 44.7 Å². The molecule has 8 nitrogen and oxygen atoms in total. The highest BCUT2D eigenvalue weighted by Gasteiger charge is 2.33. The first kappa shape index (κ1) is 24.5. The average molecular weight is 506 g/mol. The van der Waals surface area contributed by atoms with Gasteiger partial charge in [-0.25, -0.2) is 9.18 Å². The molecule has 192 valence electrons. The van der Waals surface area contributed by atoms with E-state index < -0.39 is 11.4 Å². The number of carbonyl (C=O) groups is 1. The molecule has 5 rings (SSSR count). The van der Waals surface area contributed by atoms with Gasteiger partial charge in [0, 0.05) is 41.7 Å². The Hall–Kier alpha value is -4.14. The molecule has 0 saturated carbocycles. The van der Waals surface area contributed by atoms with Crippen molar-refractivity contribution in [2.45, 2.75) is 58.9 Å². The Labute approximate surface area is 213 Å². The summed E-state index contributed by atoms with van der Waals surface area (Å²) in [4.78, 5) is 31.2. The second-order valence-corrected chi connectivity index (χ2v) is 10.2. The van der Waals surface area contributed by atoms with Crippen LogP contribution in [0.3, 0.4) is 0 Å². The molecular formula is C28H28FN3O5. The van der Waals surface area contributed by atoms with Crippen LogP contribution in [0, 0.1) is 5.82 Å². The standard InChI is InChI=1S/C28H28FN3O5/c1-17-11-24-23(15-32(17)27(34)37-28(2,3)4)22-8-7-20(12-25(22)36-24)31-10-9-21(13-26(31)33)35-16-19-6-5-18(29)14-30-19/h5-10,12-14,17H,11,15-16H2,1-4H3. The lowest BCUT2D eigenvalue weighted by molar-refractivity contribution is 0.0132. The van der Waals surface area contributed by atoms with E-state index in [1.807, 2.05) is 45.9 Å². The SMILES string of the molecule is CC1Cc2oc3cc(-n4ccc(OCc5ccc(F)cn5)cc4=O)ccc3c2CN1C(=O)OC(C)(C)C. The molecule has 3 aromatic heterocycles. The van der Waals surface area contributed by atoms with Crippen LogP contribution in [0.4, 0.5) is 9.18 Å². The molecule has 0 N–H and O–H groups in total. The summed E-state index contributed by atoms with van der Waals surface area (Å²) in [6, 6.07) is 11.4. The third-order valence-electron chi connectivity index (χ3n) is 6.17. The minimum Gasteiger partial charge on any atom is -0.487 e. The minimum atomic E-state index is -0.573. The van der Waals surface area contributed by atoms with Crippen molar-refractivity contribution in [2.24, 2.45) is 0 Å². The van der Waals surface area contributed by atoms with E-state index in [0.29, 0.717) is 35.7 Å². The zero-order valence-corrected chi connectivity index (χ0v) is 21.2. The minimum absolute atomic E-state index is 0.0670. The molecule has 0 fully saturated rings. The lowest BCUT2D eigenvalue weighted by Gasteiger charge is -2.34. The van der Waals surface area contributed by atoms with Gasteiger partial charge in [0.2, 0.25) is 0 Å². The van der Waals surface area contributed by atoms with Crippen molar-refractivity contribution < 1.29 is 23.1 Å². The van der Waals surface area contributed by atoms with Crippen molar-refractivity contribution in [1.82, 2.24) is 14.5 Å². The Balaban J connectivity index is 1.36. The normalized spacial score (nSPS) is 15.5. The van der Waals surface area contributed by atoms with Gasteiger partial charge >= 0.3 is 6.09 Å². The number of hydrogen-bond donors (Lipinski definition) is 0. The van der Waals surface area contributed by atoms with Crippen LogP contribution in [-0.2, 0) is 24.3 Å². The number of carbonyl (C=O) groups excluding carboxylic acids is 1. The largest absolute Gasteiger partial charge is 0.487 e. The predicted octanol–water partition coefficient (Wildman–Crippen LogP) is 5.38. The molecule has 0 saturated heterocycles. The second kappa shape index (κ2) is 9.38. The van der Waals surface area contributed by atoms with Gasteiger partial charge in [-0.1, -0.05) is 0 Å². The number of furan rings is 1. The molecule has 9 heteroatoms. The maximum absolute atomic E-state index is 13.0. The van der Waals surface area contributed by atoms with Gasteiger partial charge < -0.3 is 18.8 Å². The molecule has 0 radical (unpaired) electrons. The fraction of sp³-hybridized carbons (Fsp3) is 0.321. The third kappa shape index (κ3) is 5.21. The predicted molar refractivity (Wildman–Crippen MR) is 135 cm³/mol. The van der Waals surface area contributed by atoms with Gasteiger partial charge in [0.05, 0.1) is 24.1 Å². The van der Waals surface area contributed by atoms with Crippen molar-refractivity contribution in [2.75, 3.05) is 0 Å². The second-order valence-electron chi connectivity index (χ2n) is 10.2. The topological polar surface area (TPSA) is 86.8 Å². The van der Waals surface area contributed by atoms with Crippen LogP contribution in [0.2, 0.25) is 0 Å². The molecule has 1 aliphatic heterocycles. The molecule has 0 bridgehead atoms. The summed E-state index contributed by atoms with van der Waals surface area (Å²) in [6.45, 7) is 8.04. The van der Waals surface area contributed by atoms with Gasteiger partial charge in [0.15, 0.2) is 0 Å². The molecular weight excluding hydrogens is 477 g/mol. The molecule has 1 unspecified atom stereocenters.